The minimum atomic E-state index is -0.789. The molecule has 0 spiro atoms. The molecule has 0 heterocycles. The third-order valence-corrected chi connectivity index (χ3v) is 3.59. The van der Waals surface area contributed by atoms with E-state index >= 15 is 0 Å². The number of hydrogen-bond acceptors (Lipinski definition) is 3. The average Bonchev–Trinajstić information content (AvgIpc) is 2.36. The number of rotatable bonds is 6. The van der Waals surface area contributed by atoms with Crippen LogP contribution in [-0.2, 0) is 0 Å². The SMILES string of the molecule is CCC(O)(CC)COc1ccc([C@H](C)N)cc1Cl. The number of aliphatic hydroxyl groups is 1. The Hall–Kier alpha value is -0.770. The van der Waals surface area contributed by atoms with Gasteiger partial charge in [-0.25, -0.2) is 0 Å². The van der Waals surface area contributed by atoms with Crippen molar-refractivity contribution in [2.24, 2.45) is 5.73 Å². The smallest absolute Gasteiger partial charge is 0.138 e. The molecule has 1 aromatic rings. The van der Waals surface area contributed by atoms with Crippen molar-refractivity contribution in [1.29, 1.82) is 0 Å². The molecule has 18 heavy (non-hydrogen) atoms. The highest BCUT2D eigenvalue weighted by Gasteiger charge is 2.23. The van der Waals surface area contributed by atoms with Gasteiger partial charge in [0.15, 0.2) is 0 Å². The first-order valence-corrected chi connectivity index (χ1v) is 6.70. The Morgan fingerprint density at radius 1 is 1.39 bits per heavy atom. The van der Waals surface area contributed by atoms with Gasteiger partial charge in [-0.05, 0) is 37.5 Å². The van der Waals surface area contributed by atoms with Crippen molar-refractivity contribution >= 4 is 11.6 Å². The van der Waals surface area contributed by atoms with Crippen LogP contribution in [0.1, 0.15) is 45.2 Å². The first-order valence-electron chi connectivity index (χ1n) is 6.32. The minimum Gasteiger partial charge on any atom is -0.489 e. The van der Waals surface area contributed by atoms with Crippen LogP contribution in [0.5, 0.6) is 5.75 Å². The van der Waals surface area contributed by atoms with Crippen molar-refractivity contribution in [1.82, 2.24) is 0 Å². The molecule has 0 bridgehead atoms. The quantitative estimate of drug-likeness (QED) is 0.835. The molecule has 0 unspecified atom stereocenters. The molecular formula is C14H22ClNO2. The van der Waals surface area contributed by atoms with Crippen molar-refractivity contribution in [2.75, 3.05) is 6.61 Å². The van der Waals surface area contributed by atoms with Crippen LogP contribution >= 0.6 is 11.6 Å². The van der Waals surface area contributed by atoms with Gasteiger partial charge < -0.3 is 15.6 Å². The van der Waals surface area contributed by atoms with Crippen LogP contribution in [0.2, 0.25) is 5.02 Å². The predicted octanol–water partition coefficient (Wildman–Crippen LogP) is 3.29. The molecule has 0 amide bonds. The van der Waals surface area contributed by atoms with Gasteiger partial charge in [0.05, 0.1) is 10.6 Å². The molecule has 102 valence electrons. The van der Waals surface area contributed by atoms with Gasteiger partial charge in [0.1, 0.15) is 12.4 Å². The van der Waals surface area contributed by atoms with Gasteiger partial charge >= 0.3 is 0 Å². The summed E-state index contributed by atoms with van der Waals surface area (Å²) in [7, 11) is 0. The van der Waals surface area contributed by atoms with Crippen LogP contribution in [0, 0.1) is 0 Å². The zero-order valence-electron chi connectivity index (χ0n) is 11.2. The third-order valence-electron chi connectivity index (χ3n) is 3.29. The summed E-state index contributed by atoms with van der Waals surface area (Å²) in [6.07, 6.45) is 1.30. The van der Waals surface area contributed by atoms with Crippen molar-refractivity contribution in [3.63, 3.8) is 0 Å². The lowest BCUT2D eigenvalue weighted by atomic mass is 9.99. The largest absolute Gasteiger partial charge is 0.489 e. The topological polar surface area (TPSA) is 55.5 Å². The monoisotopic (exact) mass is 271 g/mol. The maximum Gasteiger partial charge on any atom is 0.138 e. The third kappa shape index (κ3) is 3.87. The molecule has 1 aromatic carbocycles. The average molecular weight is 272 g/mol. The van der Waals surface area contributed by atoms with Crippen LogP contribution in [0.15, 0.2) is 18.2 Å². The Morgan fingerprint density at radius 2 is 2.00 bits per heavy atom. The van der Waals surface area contributed by atoms with Crippen molar-refractivity contribution in [3.05, 3.63) is 28.8 Å². The lowest BCUT2D eigenvalue weighted by Gasteiger charge is -2.25. The Bertz CT molecular complexity index is 389. The van der Waals surface area contributed by atoms with E-state index in [1.165, 1.54) is 0 Å². The second kappa shape index (κ2) is 6.41. The van der Waals surface area contributed by atoms with E-state index in [1.807, 2.05) is 26.8 Å². The van der Waals surface area contributed by atoms with Crippen molar-refractivity contribution < 1.29 is 9.84 Å². The number of ether oxygens (including phenoxy) is 1. The Kier molecular flexibility index (Phi) is 5.45. The molecule has 0 radical (unpaired) electrons. The van der Waals surface area contributed by atoms with E-state index in [-0.39, 0.29) is 12.6 Å². The summed E-state index contributed by atoms with van der Waals surface area (Å²) in [6.45, 7) is 6.03. The molecule has 0 aliphatic heterocycles. The molecule has 1 rings (SSSR count). The zero-order valence-corrected chi connectivity index (χ0v) is 12.0. The van der Waals surface area contributed by atoms with Gasteiger partial charge in [-0.1, -0.05) is 31.5 Å². The normalized spacial score (nSPS) is 13.4. The van der Waals surface area contributed by atoms with Gasteiger partial charge in [-0.2, -0.15) is 0 Å². The van der Waals surface area contributed by atoms with Crippen LogP contribution in [0.4, 0.5) is 0 Å². The number of benzene rings is 1. The fourth-order valence-corrected chi connectivity index (χ4v) is 1.83. The molecule has 0 saturated carbocycles. The van der Waals surface area contributed by atoms with Gasteiger partial charge in [-0.15, -0.1) is 0 Å². The Labute approximate surface area is 114 Å². The van der Waals surface area contributed by atoms with Gasteiger partial charge in [0.25, 0.3) is 0 Å². The molecule has 1 atom stereocenters. The van der Waals surface area contributed by atoms with E-state index in [1.54, 1.807) is 12.1 Å². The standard InChI is InChI=1S/C14H22ClNO2/c1-4-14(17,5-2)9-18-13-7-6-11(10(3)16)8-12(13)15/h6-8,10,17H,4-5,9,16H2,1-3H3/t10-/m0/s1. The van der Waals surface area contributed by atoms with Crippen LogP contribution < -0.4 is 10.5 Å². The second-order valence-corrected chi connectivity index (χ2v) is 5.11. The van der Waals surface area contributed by atoms with Crippen molar-refractivity contribution in [2.45, 2.75) is 45.3 Å². The number of nitrogens with two attached hydrogens (primary N) is 1. The van der Waals surface area contributed by atoms with E-state index < -0.39 is 5.60 Å². The summed E-state index contributed by atoms with van der Waals surface area (Å²) in [4.78, 5) is 0. The summed E-state index contributed by atoms with van der Waals surface area (Å²) in [5.74, 6) is 0.585. The van der Waals surface area contributed by atoms with Crippen molar-refractivity contribution in [3.8, 4) is 5.75 Å². The molecule has 0 aromatic heterocycles. The molecule has 4 heteroatoms. The molecule has 0 aliphatic carbocycles. The lowest BCUT2D eigenvalue weighted by Crippen LogP contribution is -2.34. The van der Waals surface area contributed by atoms with E-state index in [4.69, 9.17) is 22.1 Å². The first-order chi connectivity index (χ1) is 8.41. The molecular weight excluding hydrogens is 250 g/mol. The highest BCUT2D eigenvalue weighted by molar-refractivity contribution is 6.32. The first kappa shape index (κ1) is 15.3. The summed E-state index contributed by atoms with van der Waals surface area (Å²) in [6, 6.07) is 5.44. The number of hydrogen-bond donors (Lipinski definition) is 2. The second-order valence-electron chi connectivity index (χ2n) is 4.70. The summed E-state index contributed by atoms with van der Waals surface area (Å²) >= 11 is 6.13. The lowest BCUT2D eigenvalue weighted by molar-refractivity contribution is -0.0113. The summed E-state index contributed by atoms with van der Waals surface area (Å²) < 4.78 is 5.60. The van der Waals surface area contributed by atoms with Gasteiger partial charge in [0, 0.05) is 6.04 Å². The molecule has 3 N–H and O–H groups in total. The van der Waals surface area contributed by atoms with E-state index in [0.29, 0.717) is 23.6 Å². The maximum atomic E-state index is 10.1. The van der Waals surface area contributed by atoms with E-state index in [0.717, 1.165) is 5.56 Å². The number of halogens is 1. The summed E-state index contributed by atoms with van der Waals surface area (Å²) in [5.41, 5.74) is 5.96. The molecule has 0 aliphatic rings. The summed E-state index contributed by atoms with van der Waals surface area (Å²) in [5, 5.41) is 10.7. The van der Waals surface area contributed by atoms with Crippen LogP contribution in [0.3, 0.4) is 0 Å². The van der Waals surface area contributed by atoms with Gasteiger partial charge in [0.2, 0.25) is 0 Å². The fourth-order valence-electron chi connectivity index (χ4n) is 1.58. The Morgan fingerprint density at radius 3 is 2.44 bits per heavy atom. The maximum absolute atomic E-state index is 10.1. The van der Waals surface area contributed by atoms with E-state index in [2.05, 4.69) is 0 Å². The minimum absolute atomic E-state index is 0.0558. The zero-order chi connectivity index (χ0) is 13.8. The molecule has 3 nitrogen and oxygen atoms in total. The van der Waals surface area contributed by atoms with E-state index in [9.17, 15) is 5.11 Å². The highest BCUT2D eigenvalue weighted by Crippen LogP contribution is 2.28. The van der Waals surface area contributed by atoms with Crippen LogP contribution in [-0.4, -0.2) is 17.3 Å². The Balaban J connectivity index is 2.74. The molecule has 0 fully saturated rings. The fraction of sp³-hybridized carbons (Fsp3) is 0.571. The van der Waals surface area contributed by atoms with Gasteiger partial charge in [-0.3, -0.25) is 0 Å². The highest BCUT2D eigenvalue weighted by atomic mass is 35.5. The molecule has 0 saturated heterocycles. The predicted molar refractivity (Wildman–Crippen MR) is 75.1 cm³/mol. The van der Waals surface area contributed by atoms with Crippen LogP contribution in [0.25, 0.3) is 0 Å².